The number of pyridine rings is 2. The van der Waals surface area contributed by atoms with Gasteiger partial charge >= 0.3 is 12.2 Å². The quantitative estimate of drug-likeness (QED) is 0.151. The third-order valence-electron chi connectivity index (χ3n) is 15.0. The van der Waals surface area contributed by atoms with Gasteiger partial charge in [-0.05, 0) is 73.6 Å². The summed E-state index contributed by atoms with van der Waals surface area (Å²) >= 11 is 0. The summed E-state index contributed by atoms with van der Waals surface area (Å²) in [4.78, 5) is 64.8. The van der Waals surface area contributed by atoms with Gasteiger partial charge in [-0.15, -0.1) is 0 Å². The minimum Gasteiger partial charge on any atom is -0.618 e. The number of likely N-dealkylation sites (tertiary alicyclic amines) is 2. The molecule has 4 aromatic rings. The van der Waals surface area contributed by atoms with E-state index in [1.54, 1.807) is 6.20 Å². The first-order valence-corrected chi connectivity index (χ1v) is 21.4. The van der Waals surface area contributed by atoms with E-state index in [1.807, 2.05) is 103 Å². The van der Waals surface area contributed by atoms with E-state index in [4.69, 9.17) is 14.5 Å². The summed E-state index contributed by atoms with van der Waals surface area (Å²) in [6.45, 7) is 5.14. The molecule has 8 atom stereocenters. The van der Waals surface area contributed by atoms with Crippen molar-refractivity contribution in [2.24, 2.45) is 35.5 Å². The van der Waals surface area contributed by atoms with E-state index in [-0.39, 0.29) is 54.4 Å². The van der Waals surface area contributed by atoms with E-state index in [0.29, 0.717) is 55.7 Å². The van der Waals surface area contributed by atoms with E-state index in [1.165, 1.54) is 0 Å². The molecule has 10 rings (SSSR count). The highest BCUT2D eigenvalue weighted by Crippen LogP contribution is 2.60. The molecule has 2 amide bonds. The Labute approximate surface area is 344 Å². The number of rotatable bonds is 5. The maximum atomic E-state index is 15.0. The van der Waals surface area contributed by atoms with Crippen LogP contribution < -0.4 is 4.73 Å². The van der Waals surface area contributed by atoms with E-state index in [9.17, 15) is 24.4 Å². The van der Waals surface area contributed by atoms with Gasteiger partial charge in [0, 0.05) is 78.7 Å². The zero-order chi connectivity index (χ0) is 40.6. The van der Waals surface area contributed by atoms with Crippen molar-refractivity contribution in [1.29, 1.82) is 0 Å². The van der Waals surface area contributed by atoms with Gasteiger partial charge < -0.3 is 14.7 Å². The van der Waals surface area contributed by atoms with Crippen molar-refractivity contribution < 1.29 is 33.4 Å². The molecule has 304 valence electrons. The maximum absolute atomic E-state index is 15.0. The zero-order valence-corrected chi connectivity index (χ0v) is 33.7. The fourth-order valence-corrected chi connectivity index (χ4v) is 12.5. The summed E-state index contributed by atoms with van der Waals surface area (Å²) < 4.78 is 12.9. The van der Waals surface area contributed by atoms with Crippen LogP contribution in [0.1, 0.15) is 86.0 Å². The lowest BCUT2D eigenvalue weighted by Crippen LogP contribution is -2.67. The Kier molecular flexibility index (Phi) is 9.14. The Morgan fingerprint density at radius 2 is 1.27 bits per heavy atom. The molecule has 4 bridgehead atoms. The lowest BCUT2D eigenvalue weighted by atomic mass is 9.52. The largest absolute Gasteiger partial charge is 0.618 e. The molecule has 0 radical (unpaired) electrons. The zero-order valence-electron chi connectivity index (χ0n) is 33.7. The molecule has 2 saturated carbocycles. The minimum atomic E-state index is -0.856. The van der Waals surface area contributed by atoms with E-state index in [2.05, 4.69) is 0 Å². The van der Waals surface area contributed by atoms with Gasteiger partial charge in [0.2, 0.25) is 5.69 Å². The summed E-state index contributed by atoms with van der Waals surface area (Å²) in [6, 6.07) is 25.1. The van der Waals surface area contributed by atoms with Gasteiger partial charge in [0.1, 0.15) is 24.8 Å². The van der Waals surface area contributed by atoms with Gasteiger partial charge in [-0.2, -0.15) is 4.73 Å². The average Bonchev–Trinajstić information content (AvgIpc) is 3.26. The third kappa shape index (κ3) is 5.74. The minimum absolute atomic E-state index is 0.0981. The maximum Gasteiger partial charge on any atom is 0.410 e. The van der Waals surface area contributed by atoms with Gasteiger partial charge in [0.25, 0.3) is 0 Å². The van der Waals surface area contributed by atoms with Crippen LogP contribution in [0, 0.1) is 40.7 Å². The molecule has 0 unspecified atom stereocenters. The number of benzene rings is 2. The Morgan fingerprint density at radius 3 is 1.83 bits per heavy atom. The summed E-state index contributed by atoms with van der Waals surface area (Å²) in [6.07, 6.45) is 5.63. The van der Waals surface area contributed by atoms with Crippen LogP contribution in [-0.4, -0.2) is 51.6 Å². The fourth-order valence-electron chi connectivity index (χ4n) is 12.5. The molecule has 0 spiro atoms. The Balaban J connectivity index is 1.05. The van der Waals surface area contributed by atoms with Gasteiger partial charge in [-0.1, -0.05) is 74.5 Å². The first kappa shape index (κ1) is 37.7. The lowest BCUT2D eigenvalue weighted by Gasteiger charge is -2.60. The second-order valence-electron chi connectivity index (χ2n) is 18.0. The second-order valence-corrected chi connectivity index (χ2v) is 18.0. The van der Waals surface area contributed by atoms with Crippen molar-refractivity contribution in [3.63, 3.8) is 0 Å². The molecule has 2 aromatic heterocycles. The molecule has 4 fully saturated rings. The number of carbonyl (C=O) groups excluding carboxylic acids is 4. The van der Waals surface area contributed by atoms with Gasteiger partial charge in [-0.25, -0.2) is 9.59 Å². The van der Waals surface area contributed by atoms with Crippen molar-refractivity contribution >= 4 is 23.8 Å². The number of Topliss-reactive ketones (excluding diaryl/α,β-unsaturated/α-hetero) is 2. The van der Waals surface area contributed by atoms with Crippen LogP contribution in [0.3, 0.4) is 0 Å². The molecule has 11 heteroatoms. The van der Waals surface area contributed by atoms with Crippen molar-refractivity contribution in [2.75, 3.05) is 13.1 Å². The van der Waals surface area contributed by atoms with Gasteiger partial charge in [0.15, 0.2) is 5.69 Å². The van der Waals surface area contributed by atoms with E-state index >= 15 is 0 Å². The number of fused-ring (bicyclic) bond motifs is 2. The number of ketones is 2. The third-order valence-corrected chi connectivity index (χ3v) is 15.0. The summed E-state index contributed by atoms with van der Waals surface area (Å²) in [7, 11) is 0. The molecule has 2 saturated heterocycles. The average molecular weight is 795 g/mol. The smallest absolute Gasteiger partial charge is 0.410 e. The molecule has 2 aromatic carbocycles. The number of nitrogens with zero attached hydrogens (tertiary/aromatic N) is 4. The molecule has 11 nitrogen and oxygen atoms in total. The number of amides is 2. The van der Waals surface area contributed by atoms with Crippen molar-refractivity contribution in [3.05, 3.63) is 124 Å². The van der Waals surface area contributed by atoms with Crippen LogP contribution in [0.2, 0.25) is 0 Å². The summed E-state index contributed by atoms with van der Waals surface area (Å²) in [5.74, 6) is -1.06. The molecule has 4 aliphatic carbocycles. The standard InChI is InChI=1S/C48H50N4O7/c1-29-24-47-37(16-10-19-50(47)45(55)58-27-31-11-5-3-6-12-31)35(44(29)54)23-42-38(47)17-18-41(52(42)57)33-21-39-40(49-26-33)22-34-36-15-9-20-51(48(36,39)25-30(2)43(34)53)46(56)59-28-32-13-7-4-8-14-32/h3-8,11-14,17-18,21,26,29-30,34-37H,9-10,15-16,19-20,22-25,27-28H2,1-2H3/t29-,30-,34+,35+,36-,37-,47-,48-/m1/s1. The highest BCUT2D eigenvalue weighted by Gasteiger charge is 2.64. The van der Waals surface area contributed by atoms with Crippen LogP contribution in [0.4, 0.5) is 9.59 Å². The van der Waals surface area contributed by atoms with Gasteiger partial charge in [-0.3, -0.25) is 24.4 Å². The summed E-state index contributed by atoms with van der Waals surface area (Å²) in [5.41, 5.74) is 4.05. The van der Waals surface area contributed by atoms with E-state index in [0.717, 1.165) is 58.4 Å². The molecule has 2 aliphatic heterocycles. The molecular formula is C48H50N4O7. The van der Waals surface area contributed by atoms with Crippen molar-refractivity contribution in [2.45, 2.75) is 89.5 Å². The fraction of sp³-hybridized carbons (Fsp3) is 0.458. The van der Waals surface area contributed by atoms with Crippen molar-refractivity contribution in [1.82, 2.24) is 14.8 Å². The van der Waals surface area contributed by atoms with Crippen LogP contribution in [0.15, 0.2) is 85.1 Å². The topological polar surface area (TPSA) is 133 Å². The molecule has 0 N–H and O–H groups in total. The SMILES string of the molecule is C[C@@H]1C[C@]23c4cc(-c5ccc6c([n+]5[O-])C[C@@H]5C(=O)[C@H](C)C[C@@]67[C@@H]5CCCN7C(=O)OCc5ccccc5)cnc4C[C@H](C1=O)[C@H]2CCCN3C(=O)OCc1ccccc1. The number of hydrogen-bond donors (Lipinski definition) is 0. The highest BCUT2D eigenvalue weighted by molar-refractivity contribution is 5.88. The number of carbonyl (C=O) groups is 4. The van der Waals surface area contributed by atoms with Crippen molar-refractivity contribution in [3.8, 4) is 11.3 Å². The number of aromatic nitrogens is 2. The molecule has 6 aliphatic rings. The monoisotopic (exact) mass is 794 g/mol. The van der Waals surface area contributed by atoms with E-state index < -0.39 is 29.2 Å². The van der Waals surface area contributed by atoms with Gasteiger partial charge in [0.05, 0.1) is 16.6 Å². The predicted octanol–water partition coefficient (Wildman–Crippen LogP) is 7.43. The Hall–Kier alpha value is -5.58. The normalized spacial score (nSPS) is 30.3. The molecule has 59 heavy (non-hydrogen) atoms. The second kappa shape index (κ2) is 14.3. The first-order chi connectivity index (χ1) is 28.6. The molecular weight excluding hydrogens is 745 g/mol. The van der Waals surface area contributed by atoms with Crippen LogP contribution in [0.5, 0.6) is 0 Å². The first-order valence-electron chi connectivity index (χ1n) is 21.4. The number of ether oxygens (including phenoxy) is 2. The summed E-state index contributed by atoms with van der Waals surface area (Å²) in [5, 5.41) is 15.0. The highest BCUT2D eigenvalue weighted by atomic mass is 16.6. The Morgan fingerprint density at radius 1 is 0.746 bits per heavy atom. The van der Waals surface area contributed by atoms with Crippen LogP contribution in [-0.2, 0) is 56.2 Å². The predicted molar refractivity (Wildman–Crippen MR) is 216 cm³/mol. The lowest BCUT2D eigenvalue weighted by molar-refractivity contribution is -0.604. The number of piperidine rings is 2. The van der Waals surface area contributed by atoms with Crippen LogP contribution in [0.25, 0.3) is 11.3 Å². The molecule has 4 heterocycles. The number of hydrogen-bond acceptors (Lipinski definition) is 8. The Bertz CT molecular complexity index is 2350. The van der Waals surface area contributed by atoms with Crippen LogP contribution >= 0.6 is 0 Å².